The number of rotatable bonds is 3. The van der Waals surface area contributed by atoms with Crippen LogP contribution in [0.3, 0.4) is 0 Å². The number of alkyl halides is 3. The van der Waals surface area contributed by atoms with Crippen molar-refractivity contribution >= 4 is 16.9 Å². The van der Waals surface area contributed by atoms with Crippen molar-refractivity contribution in [2.24, 2.45) is 0 Å². The molecule has 0 radical (unpaired) electrons. The summed E-state index contributed by atoms with van der Waals surface area (Å²) in [7, 11) is 0. The van der Waals surface area contributed by atoms with Gasteiger partial charge in [0.15, 0.2) is 0 Å². The van der Waals surface area contributed by atoms with Crippen LogP contribution < -0.4 is 5.32 Å². The summed E-state index contributed by atoms with van der Waals surface area (Å²) in [4.78, 5) is 14.8. The first-order valence-corrected chi connectivity index (χ1v) is 6.52. The first-order chi connectivity index (χ1) is 10.4. The molecule has 3 rings (SSSR count). The van der Waals surface area contributed by atoms with Gasteiger partial charge in [-0.2, -0.15) is 13.2 Å². The lowest BCUT2D eigenvalue weighted by molar-refractivity contribution is -0.141. The Bertz CT molecular complexity index is 777. The van der Waals surface area contributed by atoms with Crippen molar-refractivity contribution in [3.05, 3.63) is 47.7 Å². The van der Waals surface area contributed by atoms with Crippen LogP contribution in [0.1, 0.15) is 17.3 Å². The number of hydrogen-bond donors (Lipinski definition) is 2. The van der Waals surface area contributed by atoms with Crippen LogP contribution in [0.25, 0.3) is 11.0 Å². The van der Waals surface area contributed by atoms with Crippen LogP contribution in [0.5, 0.6) is 0 Å². The maximum Gasteiger partial charge on any atom is 0.433 e. The van der Waals surface area contributed by atoms with E-state index in [0.717, 1.165) is 17.1 Å². The fourth-order valence-electron chi connectivity index (χ4n) is 2.07. The number of aromatic nitrogens is 4. The lowest BCUT2D eigenvalue weighted by Gasteiger charge is -2.09. The van der Waals surface area contributed by atoms with E-state index in [9.17, 15) is 13.2 Å². The van der Waals surface area contributed by atoms with Gasteiger partial charge in [0.2, 0.25) is 0 Å². The smallest absolute Gasteiger partial charge is 0.363 e. The molecule has 0 saturated heterocycles. The highest BCUT2D eigenvalue weighted by Gasteiger charge is 2.33. The van der Waals surface area contributed by atoms with Crippen molar-refractivity contribution in [1.29, 1.82) is 0 Å². The largest absolute Gasteiger partial charge is 0.433 e. The minimum atomic E-state index is -4.50. The first kappa shape index (κ1) is 14.3. The highest BCUT2D eigenvalue weighted by atomic mass is 19.4. The molecule has 2 heterocycles. The minimum Gasteiger partial charge on any atom is -0.363 e. The predicted molar refractivity (Wildman–Crippen MR) is 75.2 cm³/mol. The van der Waals surface area contributed by atoms with Gasteiger partial charge in [-0.1, -0.05) is 12.1 Å². The number of fused-ring (bicyclic) bond motifs is 1. The zero-order valence-corrected chi connectivity index (χ0v) is 11.6. The number of benzene rings is 1. The number of aryl methyl sites for hydroxylation is 1. The van der Waals surface area contributed by atoms with E-state index in [-0.39, 0.29) is 18.2 Å². The molecule has 0 unspecified atom stereocenters. The molecule has 0 aliphatic heterocycles. The van der Waals surface area contributed by atoms with Gasteiger partial charge < -0.3 is 10.3 Å². The first-order valence-electron chi connectivity index (χ1n) is 6.52. The third kappa shape index (κ3) is 3.00. The summed E-state index contributed by atoms with van der Waals surface area (Å²) < 4.78 is 38.1. The zero-order valence-electron chi connectivity index (χ0n) is 11.6. The Balaban J connectivity index is 1.80. The lowest BCUT2D eigenvalue weighted by atomic mass is 10.3. The predicted octanol–water partition coefficient (Wildman–Crippen LogP) is 3.29. The van der Waals surface area contributed by atoms with E-state index in [0.29, 0.717) is 5.82 Å². The van der Waals surface area contributed by atoms with E-state index in [4.69, 9.17) is 0 Å². The second-order valence-electron chi connectivity index (χ2n) is 4.74. The van der Waals surface area contributed by atoms with E-state index >= 15 is 0 Å². The summed E-state index contributed by atoms with van der Waals surface area (Å²) in [5.74, 6) is 0.785. The molecular weight excluding hydrogens is 295 g/mol. The number of para-hydroxylation sites is 2. The molecule has 1 aromatic carbocycles. The van der Waals surface area contributed by atoms with Crippen LogP contribution in [0, 0.1) is 6.92 Å². The summed E-state index contributed by atoms with van der Waals surface area (Å²) in [5, 5.41) is 2.83. The Morgan fingerprint density at radius 2 is 1.91 bits per heavy atom. The number of nitrogens with zero attached hydrogens (tertiary/aromatic N) is 3. The summed E-state index contributed by atoms with van der Waals surface area (Å²) in [5.41, 5.74) is 0.704. The van der Waals surface area contributed by atoms with Gasteiger partial charge in [0.25, 0.3) is 0 Å². The highest BCUT2D eigenvalue weighted by Crippen LogP contribution is 2.28. The zero-order chi connectivity index (χ0) is 15.7. The second-order valence-corrected chi connectivity index (χ2v) is 4.74. The summed E-state index contributed by atoms with van der Waals surface area (Å²) in [6.45, 7) is 1.66. The molecule has 2 N–H and O–H groups in total. The Hall–Kier alpha value is -2.64. The third-order valence-corrected chi connectivity index (χ3v) is 3.00. The average Bonchev–Trinajstić information content (AvgIpc) is 2.86. The standard InChI is InChI=1S/C14H12F3N5/c1-8-19-11(14(15,16)17)6-12(20-8)18-7-13-21-9-4-2-3-5-10(9)22-13/h2-6H,7H2,1H3,(H,21,22)(H,18,19,20). The third-order valence-electron chi connectivity index (χ3n) is 3.00. The highest BCUT2D eigenvalue weighted by molar-refractivity contribution is 5.74. The summed E-state index contributed by atoms with van der Waals surface area (Å²) in [6, 6.07) is 8.36. The number of H-pyrrole nitrogens is 1. The number of anilines is 1. The fraction of sp³-hybridized carbons (Fsp3) is 0.214. The van der Waals surface area contributed by atoms with Crippen molar-refractivity contribution in [3.63, 3.8) is 0 Å². The van der Waals surface area contributed by atoms with Crippen molar-refractivity contribution in [1.82, 2.24) is 19.9 Å². The monoisotopic (exact) mass is 307 g/mol. The second kappa shape index (κ2) is 5.28. The number of aromatic amines is 1. The van der Waals surface area contributed by atoms with Gasteiger partial charge in [-0.3, -0.25) is 0 Å². The average molecular weight is 307 g/mol. The molecule has 0 amide bonds. The molecule has 3 aromatic rings. The van der Waals surface area contributed by atoms with Crippen LogP contribution >= 0.6 is 0 Å². The van der Waals surface area contributed by atoms with Crippen molar-refractivity contribution in [3.8, 4) is 0 Å². The molecule has 0 spiro atoms. The molecule has 0 atom stereocenters. The molecule has 0 aliphatic carbocycles. The van der Waals surface area contributed by atoms with Crippen LogP contribution in [-0.4, -0.2) is 19.9 Å². The van der Waals surface area contributed by atoms with Crippen molar-refractivity contribution < 1.29 is 13.2 Å². The molecule has 22 heavy (non-hydrogen) atoms. The molecule has 5 nitrogen and oxygen atoms in total. The van der Waals surface area contributed by atoms with E-state index in [2.05, 4.69) is 25.3 Å². The van der Waals surface area contributed by atoms with E-state index in [1.165, 1.54) is 6.92 Å². The van der Waals surface area contributed by atoms with E-state index < -0.39 is 11.9 Å². The molecular formula is C14H12F3N5. The Labute approximate surface area is 123 Å². The van der Waals surface area contributed by atoms with Crippen LogP contribution in [0.4, 0.5) is 19.0 Å². The van der Waals surface area contributed by atoms with Gasteiger partial charge in [-0.05, 0) is 19.1 Å². The maximum atomic E-state index is 12.7. The van der Waals surface area contributed by atoms with Gasteiger partial charge >= 0.3 is 6.18 Å². The molecule has 0 aliphatic rings. The SMILES string of the molecule is Cc1nc(NCc2nc3ccccc3[nH]2)cc(C(F)(F)F)n1. The van der Waals surface area contributed by atoms with Gasteiger partial charge in [0, 0.05) is 6.07 Å². The van der Waals surface area contributed by atoms with Crippen molar-refractivity contribution in [2.75, 3.05) is 5.32 Å². The quantitative estimate of drug-likeness (QED) is 0.779. The van der Waals surface area contributed by atoms with Crippen LogP contribution in [-0.2, 0) is 12.7 Å². The molecule has 2 aromatic heterocycles. The molecule has 114 valence electrons. The molecule has 8 heteroatoms. The van der Waals surface area contributed by atoms with E-state index in [1.807, 2.05) is 24.3 Å². The van der Waals surface area contributed by atoms with Crippen LogP contribution in [0.15, 0.2) is 30.3 Å². The number of nitrogens with one attached hydrogen (secondary N) is 2. The normalized spacial score (nSPS) is 11.8. The van der Waals surface area contributed by atoms with Gasteiger partial charge in [-0.25, -0.2) is 15.0 Å². The Morgan fingerprint density at radius 3 is 2.64 bits per heavy atom. The van der Waals surface area contributed by atoms with Gasteiger partial charge in [0.05, 0.1) is 17.6 Å². The fourth-order valence-corrected chi connectivity index (χ4v) is 2.07. The minimum absolute atomic E-state index is 0.0573. The summed E-state index contributed by atoms with van der Waals surface area (Å²) in [6.07, 6.45) is -4.50. The maximum absolute atomic E-state index is 12.7. The molecule has 0 saturated carbocycles. The number of halogens is 3. The van der Waals surface area contributed by atoms with E-state index in [1.54, 1.807) is 0 Å². The molecule has 0 fully saturated rings. The number of imidazole rings is 1. The Kier molecular flexibility index (Phi) is 3.44. The number of hydrogen-bond acceptors (Lipinski definition) is 4. The lowest BCUT2D eigenvalue weighted by Crippen LogP contribution is -2.12. The Morgan fingerprint density at radius 1 is 1.14 bits per heavy atom. The van der Waals surface area contributed by atoms with Gasteiger partial charge in [0.1, 0.15) is 23.2 Å². The topological polar surface area (TPSA) is 66.5 Å². The van der Waals surface area contributed by atoms with Crippen LogP contribution in [0.2, 0.25) is 0 Å². The molecule has 0 bridgehead atoms. The van der Waals surface area contributed by atoms with Gasteiger partial charge in [-0.15, -0.1) is 0 Å². The van der Waals surface area contributed by atoms with Crippen molar-refractivity contribution in [2.45, 2.75) is 19.6 Å². The summed E-state index contributed by atoms with van der Waals surface area (Å²) >= 11 is 0.